The molecule has 30 heavy (non-hydrogen) atoms. The number of carbonyl (C=O) groups excluding carboxylic acids is 3. The number of carboxylic acids is 2. The van der Waals surface area contributed by atoms with E-state index in [2.05, 4.69) is 16.0 Å². The van der Waals surface area contributed by atoms with Crippen molar-refractivity contribution in [3.05, 3.63) is 0 Å². The van der Waals surface area contributed by atoms with Gasteiger partial charge in [-0.25, -0.2) is 4.79 Å². The highest BCUT2D eigenvalue weighted by Gasteiger charge is 2.32. The van der Waals surface area contributed by atoms with Crippen LogP contribution in [0.4, 0.5) is 0 Å². The molecule has 0 aliphatic rings. The number of nitrogens with one attached hydrogen (secondary N) is 3. The SMILES string of the molecule is CC(N)C(=O)NC(CCCCN)C(=O)NC(CC(=O)O)C(=O)NC(C(=O)O)C(C)C. The lowest BCUT2D eigenvalue weighted by molar-refractivity contribution is -0.144. The van der Waals surface area contributed by atoms with E-state index in [0.717, 1.165) is 0 Å². The van der Waals surface area contributed by atoms with Crippen LogP contribution in [0.2, 0.25) is 0 Å². The zero-order valence-electron chi connectivity index (χ0n) is 17.5. The smallest absolute Gasteiger partial charge is 0.326 e. The lowest BCUT2D eigenvalue weighted by Crippen LogP contribution is -2.57. The predicted octanol–water partition coefficient (Wildman–Crippen LogP) is -1.87. The fourth-order valence-corrected chi connectivity index (χ4v) is 2.49. The normalized spacial score (nSPS) is 14.9. The minimum atomic E-state index is -1.53. The van der Waals surface area contributed by atoms with Crippen LogP contribution < -0.4 is 27.4 Å². The lowest BCUT2D eigenvalue weighted by Gasteiger charge is -2.25. The Morgan fingerprint density at radius 3 is 1.80 bits per heavy atom. The van der Waals surface area contributed by atoms with Gasteiger partial charge in [-0.2, -0.15) is 0 Å². The summed E-state index contributed by atoms with van der Waals surface area (Å²) in [6, 6.07) is -4.72. The van der Waals surface area contributed by atoms with Crippen molar-refractivity contribution in [2.75, 3.05) is 6.54 Å². The summed E-state index contributed by atoms with van der Waals surface area (Å²) >= 11 is 0. The van der Waals surface area contributed by atoms with Crippen molar-refractivity contribution in [3.63, 3.8) is 0 Å². The molecule has 0 bridgehead atoms. The van der Waals surface area contributed by atoms with Crippen LogP contribution in [-0.4, -0.2) is 70.6 Å². The molecule has 12 nitrogen and oxygen atoms in total. The summed E-state index contributed by atoms with van der Waals surface area (Å²) < 4.78 is 0. The van der Waals surface area contributed by atoms with Crippen molar-refractivity contribution < 1.29 is 34.2 Å². The molecule has 0 saturated carbocycles. The highest BCUT2D eigenvalue weighted by molar-refractivity contribution is 5.95. The Hall–Kier alpha value is -2.73. The van der Waals surface area contributed by atoms with E-state index in [1.807, 2.05) is 0 Å². The number of amides is 3. The van der Waals surface area contributed by atoms with Gasteiger partial charge < -0.3 is 37.6 Å². The van der Waals surface area contributed by atoms with Crippen molar-refractivity contribution in [2.45, 2.75) is 70.6 Å². The fraction of sp³-hybridized carbons (Fsp3) is 0.722. The van der Waals surface area contributed by atoms with E-state index in [0.29, 0.717) is 19.4 Å². The zero-order valence-corrected chi connectivity index (χ0v) is 17.5. The number of nitrogens with two attached hydrogens (primary N) is 2. The first-order valence-corrected chi connectivity index (χ1v) is 9.72. The number of rotatable bonds is 14. The average Bonchev–Trinajstić information content (AvgIpc) is 2.63. The Morgan fingerprint density at radius 1 is 0.833 bits per heavy atom. The van der Waals surface area contributed by atoms with Gasteiger partial charge in [-0.1, -0.05) is 13.8 Å². The first-order chi connectivity index (χ1) is 13.9. The number of carbonyl (C=O) groups is 5. The van der Waals surface area contributed by atoms with Gasteiger partial charge in [0.25, 0.3) is 0 Å². The van der Waals surface area contributed by atoms with Crippen molar-refractivity contribution in [1.29, 1.82) is 0 Å². The molecule has 0 aromatic heterocycles. The van der Waals surface area contributed by atoms with Crippen LogP contribution in [0, 0.1) is 5.92 Å². The molecule has 3 amide bonds. The fourth-order valence-electron chi connectivity index (χ4n) is 2.49. The Morgan fingerprint density at radius 2 is 1.37 bits per heavy atom. The van der Waals surface area contributed by atoms with Crippen molar-refractivity contribution in [3.8, 4) is 0 Å². The van der Waals surface area contributed by atoms with Crippen LogP contribution in [0.25, 0.3) is 0 Å². The molecule has 0 heterocycles. The maximum Gasteiger partial charge on any atom is 0.326 e. The average molecular weight is 431 g/mol. The largest absolute Gasteiger partial charge is 0.481 e. The minimum absolute atomic E-state index is 0.201. The number of carboxylic acid groups (broad SMARTS) is 2. The van der Waals surface area contributed by atoms with Crippen molar-refractivity contribution in [2.24, 2.45) is 17.4 Å². The second-order valence-corrected chi connectivity index (χ2v) is 7.36. The van der Waals surface area contributed by atoms with Gasteiger partial charge >= 0.3 is 11.9 Å². The summed E-state index contributed by atoms with van der Waals surface area (Å²) in [6.07, 6.45) is 0.523. The molecule has 0 rings (SSSR count). The van der Waals surface area contributed by atoms with Gasteiger partial charge in [0, 0.05) is 0 Å². The van der Waals surface area contributed by atoms with E-state index in [9.17, 15) is 29.1 Å². The molecule has 0 aliphatic carbocycles. The molecule has 0 fully saturated rings. The molecule has 172 valence electrons. The van der Waals surface area contributed by atoms with E-state index < -0.39 is 66.2 Å². The minimum Gasteiger partial charge on any atom is -0.481 e. The van der Waals surface area contributed by atoms with Crippen molar-refractivity contribution >= 4 is 29.7 Å². The monoisotopic (exact) mass is 431 g/mol. The standard InChI is InChI=1S/C18H33N5O7/c1-9(2)14(18(29)30)23-17(28)12(8-13(24)25)22-16(27)11(6-4-5-7-19)21-15(26)10(3)20/h9-12,14H,4-8,19-20H2,1-3H3,(H,21,26)(H,22,27)(H,23,28)(H,24,25)(H,29,30). The van der Waals surface area contributed by atoms with E-state index >= 15 is 0 Å². The number of hydrogen-bond acceptors (Lipinski definition) is 7. The zero-order chi connectivity index (χ0) is 23.4. The lowest BCUT2D eigenvalue weighted by atomic mass is 10.0. The quantitative estimate of drug-likeness (QED) is 0.153. The first kappa shape index (κ1) is 27.3. The predicted molar refractivity (Wildman–Crippen MR) is 107 cm³/mol. The van der Waals surface area contributed by atoms with E-state index in [1.54, 1.807) is 13.8 Å². The molecule has 0 aromatic carbocycles. The molecule has 4 unspecified atom stereocenters. The maximum atomic E-state index is 12.7. The second-order valence-electron chi connectivity index (χ2n) is 7.36. The van der Waals surface area contributed by atoms with Crippen LogP contribution in [0.1, 0.15) is 46.5 Å². The van der Waals surface area contributed by atoms with Gasteiger partial charge in [-0.3, -0.25) is 19.2 Å². The summed E-state index contributed by atoms with van der Waals surface area (Å²) in [5.41, 5.74) is 10.9. The molecule has 0 radical (unpaired) electrons. The van der Waals surface area contributed by atoms with E-state index in [-0.39, 0.29) is 6.42 Å². The molecule has 12 heteroatoms. The Labute approximate surface area is 175 Å². The van der Waals surface area contributed by atoms with Gasteiger partial charge in [0.1, 0.15) is 18.1 Å². The molecular formula is C18H33N5O7. The van der Waals surface area contributed by atoms with Gasteiger partial charge in [0.15, 0.2) is 0 Å². The highest BCUT2D eigenvalue weighted by atomic mass is 16.4. The summed E-state index contributed by atoms with van der Waals surface area (Å²) in [7, 11) is 0. The molecule has 0 saturated heterocycles. The number of unbranched alkanes of at least 4 members (excludes halogenated alkanes) is 1. The first-order valence-electron chi connectivity index (χ1n) is 9.72. The van der Waals surface area contributed by atoms with Gasteiger partial charge in [-0.15, -0.1) is 0 Å². The third-order valence-electron chi connectivity index (χ3n) is 4.24. The number of hydrogen-bond donors (Lipinski definition) is 7. The highest BCUT2D eigenvalue weighted by Crippen LogP contribution is 2.06. The summed E-state index contributed by atoms with van der Waals surface area (Å²) in [4.78, 5) is 59.5. The molecule has 0 spiro atoms. The number of aliphatic carboxylic acids is 2. The van der Waals surface area contributed by atoms with Gasteiger partial charge in [-0.05, 0) is 38.6 Å². The summed E-state index contributed by atoms with van der Waals surface area (Å²) in [6.45, 7) is 4.95. The van der Waals surface area contributed by atoms with E-state index in [4.69, 9.17) is 16.6 Å². The molecule has 9 N–H and O–H groups in total. The Balaban J connectivity index is 5.41. The second kappa shape index (κ2) is 13.5. The van der Waals surface area contributed by atoms with Crippen LogP contribution in [0.5, 0.6) is 0 Å². The summed E-state index contributed by atoms with van der Waals surface area (Å²) in [5, 5.41) is 25.3. The maximum absolute atomic E-state index is 12.7. The topological polar surface area (TPSA) is 214 Å². The molecule has 0 aliphatic heterocycles. The van der Waals surface area contributed by atoms with Crippen LogP contribution in [0.3, 0.4) is 0 Å². The van der Waals surface area contributed by atoms with Crippen LogP contribution >= 0.6 is 0 Å². The Kier molecular flexibility index (Phi) is 12.3. The van der Waals surface area contributed by atoms with Gasteiger partial charge in [0.2, 0.25) is 17.7 Å². The third-order valence-corrected chi connectivity index (χ3v) is 4.24. The molecule has 0 aromatic rings. The Bertz CT molecular complexity index is 624. The van der Waals surface area contributed by atoms with Crippen molar-refractivity contribution in [1.82, 2.24) is 16.0 Å². The molecular weight excluding hydrogens is 398 g/mol. The molecule has 4 atom stereocenters. The third kappa shape index (κ3) is 10.2. The van der Waals surface area contributed by atoms with E-state index in [1.165, 1.54) is 6.92 Å². The summed E-state index contributed by atoms with van der Waals surface area (Å²) in [5.74, 6) is -5.45. The van der Waals surface area contributed by atoms with Crippen LogP contribution in [-0.2, 0) is 24.0 Å². The van der Waals surface area contributed by atoms with Crippen LogP contribution in [0.15, 0.2) is 0 Å². The van der Waals surface area contributed by atoms with Gasteiger partial charge in [0.05, 0.1) is 12.5 Å².